The fraction of sp³-hybridized carbons (Fsp3) is 0. The van der Waals surface area contributed by atoms with Gasteiger partial charge in [-0.15, -0.1) is 0 Å². The van der Waals surface area contributed by atoms with Gasteiger partial charge in [-0.05, 0) is 97.0 Å². The molecule has 0 aliphatic heterocycles. The number of hydrogen-bond acceptors (Lipinski definition) is 1. The summed E-state index contributed by atoms with van der Waals surface area (Å²) in [6.45, 7) is 7.34. The first-order chi connectivity index (χ1) is 17.3. The molecule has 0 unspecified atom stereocenters. The van der Waals surface area contributed by atoms with Crippen LogP contribution in [0.3, 0.4) is 0 Å². The average Bonchev–Trinajstić information content (AvgIpc) is 3.46. The van der Waals surface area contributed by atoms with Gasteiger partial charge in [-0.25, -0.2) is 9.83 Å². The predicted octanol–water partition coefficient (Wildman–Crippen LogP) is 8.65. The minimum Gasteiger partial charge on any atom is -0.306 e. The molecule has 0 aliphatic rings. The van der Waals surface area contributed by atoms with Crippen molar-refractivity contribution >= 4 is 38.0 Å². The zero-order valence-corrected chi connectivity index (χ0v) is 18.8. The smallest absolute Gasteiger partial charge is 0.187 e. The molecule has 0 radical (unpaired) electrons. The van der Waals surface area contributed by atoms with E-state index in [1.54, 1.807) is 6.20 Å². The number of benzene rings is 6. The molecule has 1 heterocycles. The summed E-state index contributed by atoms with van der Waals surface area (Å²) in [6, 6.07) is 34.4. The normalized spacial score (nSPS) is 11.4. The van der Waals surface area contributed by atoms with Gasteiger partial charge in [0.1, 0.15) is 0 Å². The van der Waals surface area contributed by atoms with Crippen LogP contribution >= 0.6 is 0 Å². The van der Waals surface area contributed by atoms with Crippen LogP contribution in [0.1, 0.15) is 0 Å². The second-order valence-corrected chi connectivity index (χ2v) is 8.91. The van der Waals surface area contributed by atoms with Gasteiger partial charge < -0.3 is 4.57 Å². The molecule has 6 aromatic carbocycles. The lowest BCUT2D eigenvalue weighted by Crippen LogP contribution is -1.90. The number of imidazole rings is 1. The molecule has 0 saturated carbocycles. The van der Waals surface area contributed by atoms with Crippen molar-refractivity contribution in [3.8, 4) is 27.9 Å². The summed E-state index contributed by atoms with van der Waals surface area (Å²) >= 11 is 0. The second-order valence-electron chi connectivity index (χ2n) is 8.91. The summed E-state index contributed by atoms with van der Waals surface area (Å²) in [5.41, 5.74) is 6.39. The van der Waals surface area contributed by atoms with Crippen LogP contribution in [0.4, 0.5) is 5.69 Å². The molecule has 0 spiro atoms. The molecule has 1 aromatic heterocycles. The van der Waals surface area contributed by atoms with Gasteiger partial charge in [-0.2, -0.15) is 0 Å². The molecule has 7 rings (SSSR count). The monoisotopic (exact) mass is 445 g/mol. The van der Waals surface area contributed by atoms with Crippen LogP contribution in [-0.4, -0.2) is 9.55 Å². The summed E-state index contributed by atoms with van der Waals surface area (Å²) in [6.07, 6.45) is 5.56. The van der Waals surface area contributed by atoms with Crippen molar-refractivity contribution in [3.05, 3.63) is 127 Å². The van der Waals surface area contributed by atoms with Gasteiger partial charge in [0.15, 0.2) is 5.69 Å². The first-order valence-corrected chi connectivity index (χ1v) is 11.6. The fourth-order valence-electron chi connectivity index (χ4n) is 5.16. The third-order valence-corrected chi connectivity index (χ3v) is 6.85. The number of aromatic nitrogens is 2. The van der Waals surface area contributed by atoms with Crippen LogP contribution in [0.5, 0.6) is 0 Å². The van der Waals surface area contributed by atoms with Crippen LogP contribution in [0.2, 0.25) is 0 Å². The van der Waals surface area contributed by atoms with Gasteiger partial charge in [-0.1, -0.05) is 54.6 Å². The molecule has 162 valence electrons. The maximum absolute atomic E-state index is 7.34. The largest absolute Gasteiger partial charge is 0.306 e. The summed E-state index contributed by atoms with van der Waals surface area (Å²) < 4.78 is 2.01. The molecule has 0 saturated heterocycles. The van der Waals surface area contributed by atoms with Gasteiger partial charge in [0.25, 0.3) is 0 Å². The Morgan fingerprint density at radius 1 is 0.600 bits per heavy atom. The summed E-state index contributed by atoms with van der Waals surface area (Å²) in [5, 5.41) is 7.55. The quantitative estimate of drug-likeness (QED) is 0.197. The highest BCUT2D eigenvalue weighted by molar-refractivity contribution is 6.24. The summed E-state index contributed by atoms with van der Waals surface area (Å²) in [7, 11) is 0. The topological polar surface area (TPSA) is 22.2 Å². The minimum atomic E-state index is 0.665. The Kier molecular flexibility index (Phi) is 4.21. The molecule has 0 amide bonds. The average molecular weight is 446 g/mol. The SMILES string of the molecule is [C-]#[N+]c1cccc(-c2cc3ccc4cc(-c5ccc(-n6ccnc6)cc5)cc5ccc(c2)c3c45)c1. The van der Waals surface area contributed by atoms with Crippen LogP contribution in [-0.2, 0) is 0 Å². The molecular weight excluding hydrogens is 426 g/mol. The van der Waals surface area contributed by atoms with Crippen molar-refractivity contribution in [2.75, 3.05) is 0 Å². The van der Waals surface area contributed by atoms with E-state index in [1.807, 2.05) is 35.3 Å². The lowest BCUT2D eigenvalue weighted by Gasteiger charge is -2.15. The molecule has 35 heavy (non-hydrogen) atoms. The zero-order valence-electron chi connectivity index (χ0n) is 18.8. The maximum atomic E-state index is 7.34. The van der Waals surface area contributed by atoms with E-state index in [-0.39, 0.29) is 0 Å². The highest BCUT2D eigenvalue weighted by atomic mass is 15.0. The van der Waals surface area contributed by atoms with E-state index in [9.17, 15) is 0 Å². The van der Waals surface area contributed by atoms with Crippen LogP contribution in [0.25, 0.3) is 65.1 Å². The number of hydrogen-bond donors (Lipinski definition) is 0. The Hall–Kier alpha value is -4.94. The van der Waals surface area contributed by atoms with E-state index in [2.05, 4.69) is 88.7 Å². The molecule has 0 N–H and O–H groups in total. The third kappa shape index (κ3) is 3.16. The van der Waals surface area contributed by atoms with E-state index in [0.29, 0.717) is 5.69 Å². The van der Waals surface area contributed by atoms with Crippen molar-refractivity contribution in [2.24, 2.45) is 0 Å². The third-order valence-electron chi connectivity index (χ3n) is 6.85. The van der Waals surface area contributed by atoms with E-state index < -0.39 is 0 Å². The van der Waals surface area contributed by atoms with E-state index in [0.717, 1.165) is 16.8 Å². The lowest BCUT2D eigenvalue weighted by molar-refractivity contribution is 1.06. The number of nitrogens with zero attached hydrogens (tertiary/aromatic N) is 3. The first kappa shape index (κ1) is 19.5. The Labute approximate surface area is 202 Å². The Morgan fingerprint density at radius 2 is 1.20 bits per heavy atom. The van der Waals surface area contributed by atoms with Crippen molar-refractivity contribution in [3.63, 3.8) is 0 Å². The molecule has 0 fully saturated rings. The van der Waals surface area contributed by atoms with E-state index in [4.69, 9.17) is 6.57 Å². The maximum Gasteiger partial charge on any atom is 0.187 e. The van der Waals surface area contributed by atoms with Gasteiger partial charge in [0.2, 0.25) is 0 Å². The molecule has 7 aromatic rings. The zero-order chi connectivity index (χ0) is 23.4. The van der Waals surface area contributed by atoms with Gasteiger partial charge >= 0.3 is 0 Å². The molecule has 3 nitrogen and oxygen atoms in total. The minimum absolute atomic E-state index is 0.665. The second kappa shape index (κ2) is 7.55. The van der Waals surface area contributed by atoms with Crippen molar-refractivity contribution < 1.29 is 0 Å². The van der Waals surface area contributed by atoms with Gasteiger partial charge in [-0.3, -0.25) is 0 Å². The summed E-state index contributed by atoms with van der Waals surface area (Å²) in [5.74, 6) is 0. The van der Waals surface area contributed by atoms with Crippen LogP contribution in [0, 0.1) is 6.57 Å². The molecule has 0 aliphatic carbocycles. The van der Waals surface area contributed by atoms with Crippen LogP contribution < -0.4 is 0 Å². The molecule has 0 atom stereocenters. The summed E-state index contributed by atoms with van der Waals surface area (Å²) in [4.78, 5) is 7.74. The Bertz CT molecular complexity index is 1820. The van der Waals surface area contributed by atoms with Crippen molar-refractivity contribution in [1.29, 1.82) is 0 Å². The van der Waals surface area contributed by atoms with Crippen LogP contribution in [0.15, 0.2) is 116 Å². The molecule has 3 heteroatoms. The Balaban J connectivity index is 1.37. The van der Waals surface area contributed by atoms with Gasteiger partial charge in [0.05, 0.1) is 12.9 Å². The highest BCUT2D eigenvalue weighted by Crippen LogP contribution is 2.39. The van der Waals surface area contributed by atoms with E-state index in [1.165, 1.54) is 43.4 Å². The van der Waals surface area contributed by atoms with E-state index >= 15 is 0 Å². The standard InChI is InChI=1S/C32H19N3/c1-33-29-4-2-3-22(19-29)28-17-25-7-5-23-15-27(16-24-6-8-26(18-28)32(25)31(23)24)21-9-11-30(12-10-21)35-14-13-34-20-35/h2-20H. The van der Waals surface area contributed by atoms with Crippen molar-refractivity contribution in [2.45, 2.75) is 0 Å². The van der Waals surface area contributed by atoms with Gasteiger partial charge in [0, 0.05) is 18.1 Å². The molecular formula is C32H19N3. The fourth-order valence-corrected chi connectivity index (χ4v) is 5.16. The lowest BCUT2D eigenvalue weighted by atomic mass is 9.89. The van der Waals surface area contributed by atoms with Crippen molar-refractivity contribution in [1.82, 2.24) is 9.55 Å². The highest BCUT2D eigenvalue weighted by Gasteiger charge is 2.12. The first-order valence-electron chi connectivity index (χ1n) is 11.6. The molecule has 0 bridgehead atoms. The predicted molar refractivity (Wildman–Crippen MR) is 144 cm³/mol. The number of rotatable bonds is 3. The Morgan fingerprint density at radius 3 is 1.74 bits per heavy atom.